The number of oxazole rings is 1. The van der Waals surface area contributed by atoms with Crippen LogP contribution in [0.2, 0.25) is 0 Å². The highest BCUT2D eigenvalue weighted by Gasteiger charge is 2.24. The number of methoxy groups -OCH3 is 1. The molecule has 0 aliphatic rings. The second-order valence-corrected chi connectivity index (χ2v) is 6.21. The summed E-state index contributed by atoms with van der Waals surface area (Å²) < 4.78 is 10.1. The standard InChI is InChI=1S/C19H20N2O4/c1-11(2)17(12-4-7-14(24-3)8-5-12)18(22)20-13-6-9-16-15(10-13)21-19(23)25-16/h4-11,17H,1-3H3,(H,20,22)(H,21,23). The number of ether oxygens (including phenoxy) is 1. The lowest BCUT2D eigenvalue weighted by molar-refractivity contribution is -0.118. The molecule has 2 N–H and O–H groups in total. The first-order chi connectivity index (χ1) is 12.0. The van der Waals surface area contributed by atoms with Crippen LogP contribution in [0.1, 0.15) is 25.3 Å². The number of rotatable bonds is 5. The van der Waals surface area contributed by atoms with Crippen LogP contribution in [0.4, 0.5) is 5.69 Å². The number of amides is 1. The fourth-order valence-corrected chi connectivity index (χ4v) is 2.90. The number of aromatic nitrogens is 1. The van der Waals surface area contributed by atoms with Crippen LogP contribution in [0, 0.1) is 5.92 Å². The average Bonchev–Trinajstić information content (AvgIpc) is 2.94. The molecule has 0 radical (unpaired) electrons. The van der Waals surface area contributed by atoms with Crippen molar-refractivity contribution in [3.05, 3.63) is 58.6 Å². The maximum absolute atomic E-state index is 12.8. The number of hydrogen-bond acceptors (Lipinski definition) is 4. The average molecular weight is 340 g/mol. The van der Waals surface area contributed by atoms with E-state index in [1.807, 2.05) is 38.1 Å². The van der Waals surface area contributed by atoms with Crippen LogP contribution >= 0.6 is 0 Å². The summed E-state index contributed by atoms with van der Waals surface area (Å²) in [6.07, 6.45) is 0. The fraction of sp³-hybridized carbons (Fsp3) is 0.263. The van der Waals surface area contributed by atoms with Gasteiger partial charge in [-0.25, -0.2) is 4.79 Å². The SMILES string of the molecule is COc1ccc(C(C(=O)Nc2ccc3oc(=O)[nH]c3c2)C(C)C)cc1. The van der Waals surface area contributed by atoms with Crippen molar-refractivity contribution < 1.29 is 13.9 Å². The van der Waals surface area contributed by atoms with Crippen molar-refractivity contribution in [2.75, 3.05) is 12.4 Å². The predicted octanol–water partition coefficient (Wildman–Crippen LogP) is 3.51. The molecule has 6 nitrogen and oxygen atoms in total. The Morgan fingerprint density at radius 1 is 1.16 bits per heavy atom. The highest BCUT2D eigenvalue weighted by atomic mass is 16.5. The minimum Gasteiger partial charge on any atom is -0.497 e. The van der Waals surface area contributed by atoms with Crippen LogP contribution in [0.5, 0.6) is 5.75 Å². The Balaban J connectivity index is 1.85. The summed E-state index contributed by atoms with van der Waals surface area (Å²) in [6.45, 7) is 4.01. The van der Waals surface area contributed by atoms with Gasteiger partial charge in [0.1, 0.15) is 5.75 Å². The Hall–Kier alpha value is -3.02. The molecule has 0 spiro atoms. The van der Waals surface area contributed by atoms with E-state index in [-0.39, 0.29) is 17.7 Å². The molecule has 0 bridgehead atoms. The van der Waals surface area contributed by atoms with Crippen molar-refractivity contribution in [3.8, 4) is 5.75 Å². The minimum atomic E-state index is -0.517. The van der Waals surface area contributed by atoms with Crippen LogP contribution in [0.15, 0.2) is 51.7 Å². The second kappa shape index (κ2) is 6.84. The zero-order valence-electron chi connectivity index (χ0n) is 14.3. The molecular formula is C19H20N2O4. The van der Waals surface area contributed by atoms with Crippen molar-refractivity contribution >= 4 is 22.7 Å². The molecule has 0 saturated carbocycles. The Bertz CT molecular complexity index is 938. The number of hydrogen-bond donors (Lipinski definition) is 2. The lowest BCUT2D eigenvalue weighted by atomic mass is 9.87. The summed E-state index contributed by atoms with van der Waals surface area (Å²) >= 11 is 0. The molecule has 0 saturated heterocycles. The maximum Gasteiger partial charge on any atom is 0.417 e. The Kier molecular flexibility index (Phi) is 4.61. The summed E-state index contributed by atoms with van der Waals surface area (Å²) in [5.74, 6) is -0.0565. The molecule has 6 heteroatoms. The van der Waals surface area contributed by atoms with Gasteiger partial charge in [0.25, 0.3) is 0 Å². The molecule has 0 aliphatic carbocycles. The molecule has 3 rings (SSSR count). The van der Waals surface area contributed by atoms with Crippen LogP contribution in [-0.4, -0.2) is 18.0 Å². The molecule has 1 aromatic heterocycles. The third kappa shape index (κ3) is 3.57. The number of nitrogens with one attached hydrogen (secondary N) is 2. The van der Waals surface area contributed by atoms with Gasteiger partial charge in [0.15, 0.2) is 5.58 Å². The number of fused-ring (bicyclic) bond motifs is 1. The first-order valence-electron chi connectivity index (χ1n) is 8.05. The molecule has 1 amide bonds. The molecule has 3 aromatic rings. The summed E-state index contributed by atoms with van der Waals surface area (Å²) in [6, 6.07) is 12.5. The number of anilines is 1. The van der Waals surface area contributed by atoms with E-state index in [0.717, 1.165) is 11.3 Å². The predicted molar refractivity (Wildman–Crippen MR) is 96.0 cm³/mol. The molecule has 0 aliphatic heterocycles. The fourth-order valence-electron chi connectivity index (χ4n) is 2.90. The van der Waals surface area contributed by atoms with Gasteiger partial charge in [-0.2, -0.15) is 0 Å². The van der Waals surface area contributed by atoms with Gasteiger partial charge in [-0.1, -0.05) is 26.0 Å². The Morgan fingerprint density at radius 3 is 2.52 bits per heavy atom. The first-order valence-corrected chi connectivity index (χ1v) is 8.05. The zero-order chi connectivity index (χ0) is 18.0. The van der Waals surface area contributed by atoms with Crippen molar-refractivity contribution in [3.63, 3.8) is 0 Å². The third-order valence-corrected chi connectivity index (χ3v) is 4.11. The number of H-pyrrole nitrogens is 1. The minimum absolute atomic E-state index is 0.106. The maximum atomic E-state index is 12.8. The van der Waals surface area contributed by atoms with Gasteiger partial charge in [-0.05, 0) is 41.8 Å². The summed E-state index contributed by atoms with van der Waals surface area (Å²) in [7, 11) is 1.61. The second-order valence-electron chi connectivity index (χ2n) is 6.21. The van der Waals surface area contributed by atoms with E-state index in [0.29, 0.717) is 16.8 Å². The number of carbonyl (C=O) groups is 1. The number of aromatic amines is 1. The van der Waals surface area contributed by atoms with E-state index >= 15 is 0 Å². The molecule has 1 heterocycles. The summed E-state index contributed by atoms with van der Waals surface area (Å²) in [5.41, 5.74) is 2.53. The highest BCUT2D eigenvalue weighted by Crippen LogP contribution is 2.28. The molecule has 0 fully saturated rings. The normalized spacial score (nSPS) is 12.3. The largest absolute Gasteiger partial charge is 0.497 e. The molecule has 25 heavy (non-hydrogen) atoms. The number of benzene rings is 2. The lowest BCUT2D eigenvalue weighted by Gasteiger charge is -2.21. The summed E-state index contributed by atoms with van der Waals surface area (Å²) in [5, 5.41) is 2.92. The van der Waals surface area contributed by atoms with Crippen LogP contribution in [0.25, 0.3) is 11.1 Å². The van der Waals surface area contributed by atoms with E-state index < -0.39 is 5.76 Å². The van der Waals surface area contributed by atoms with Crippen molar-refractivity contribution in [2.24, 2.45) is 5.92 Å². The Labute approximate surface area is 144 Å². The quantitative estimate of drug-likeness (QED) is 0.744. The van der Waals surface area contributed by atoms with E-state index in [1.165, 1.54) is 0 Å². The van der Waals surface area contributed by atoms with E-state index in [9.17, 15) is 9.59 Å². The highest BCUT2D eigenvalue weighted by molar-refractivity contribution is 5.97. The van der Waals surface area contributed by atoms with Crippen LogP contribution in [0.3, 0.4) is 0 Å². The summed E-state index contributed by atoms with van der Waals surface area (Å²) in [4.78, 5) is 26.6. The van der Waals surface area contributed by atoms with Gasteiger partial charge in [0, 0.05) is 5.69 Å². The van der Waals surface area contributed by atoms with Gasteiger partial charge < -0.3 is 14.5 Å². The number of carbonyl (C=O) groups excluding carboxylic acids is 1. The van der Waals surface area contributed by atoms with Crippen molar-refractivity contribution in [1.82, 2.24) is 4.98 Å². The molecule has 130 valence electrons. The van der Waals surface area contributed by atoms with Gasteiger partial charge in [-0.3, -0.25) is 9.78 Å². The van der Waals surface area contributed by atoms with Gasteiger partial charge >= 0.3 is 5.76 Å². The van der Waals surface area contributed by atoms with Crippen LogP contribution < -0.4 is 15.8 Å². The van der Waals surface area contributed by atoms with Gasteiger partial charge in [-0.15, -0.1) is 0 Å². The Morgan fingerprint density at radius 2 is 1.88 bits per heavy atom. The van der Waals surface area contributed by atoms with Gasteiger partial charge in [0.2, 0.25) is 5.91 Å². The molecule has 1 atom stereocenters. The third-order valence-electron chi connectivity index (χ3n) is 4.11. The van der Waals surface area contributed by atoms with Gasteiger partial charge in [0.05, 0.1) is 18.5 Å². The lowest BCUT2D eigenvalue weighted by Crippen LogP contribution is -2.25. The first kappa shape index (κ1) is 16.8. The zero-order valence-corrected chi connectivity index (χ0v) is 14.3. The van der Waals surface area contributed by atoms with Crippen molar-refractivity contribution in [2.45, 2.75) is 19.8 Å². The smallest absolute Gasteiger partial charge is 0.417 e. The van der Waals surface area contributed by atoms with E-state index in [2.05, 4.69) is 10.3 Å². The molecular weight excluding hydrogens is 320 g/mol. The topological polar surface area (TPSA) is 84.3 Å². The molecule has 2 aromatic carbocycles. The van der Waals surface area contributed by atoms with Crippen molar-refractivity contribution in [1.29, 1.82) is 0 Å². The molecule has 1 unspecified atom stereocenters. The van der Waals surface area contributed by atoms with E-state index in [1.54, 1.807) is 25.3 Å². The monoisotopic (exact) mass is 340 g/mol. The van der Waals surface area contributed by atoms with Crippen LogP contribution in [-0.2, 0) is 4.79 Å². The van der Waals surface area contributed by atoms with E-state index in [4.69, 9.17) is 9.15 Å².